The van der Waals surface area contributed by atoms with E-state index in [9.17, 15) is 4.79 Å². The number of thiazole rings is 1. The number of carbonyl (C=O) groups is 1. The zero-order valence-electron chi connectivity index (χ0n) is 13.7. The van der Waals surface area contributed by atoms with Crippen molar-refractivity contribution in [3.63, 3.8) is 0 Å². The first-order valence-electron chi connectivity index (χ1n) is 7.81. The van der Waals surface area contributed by atoms with Crippen molar-refractivity contribution in [3.05, 3.63) is 33.5 Å². The molecule has 7 heteroatoms. The molecule has 1 aliphatic rings. The predicted octanol–water partition coefficient (Wildman–Crippen LogP) is 2.61. The molecule has 0 radical (unpaired) electrons. The van der Waals surface area contributed by atoms with Crippen LogP contribution in [0.4, 0.5) is 5.95 Å². The largest absolute Gasteiger partial charge is 0.357 e. The first-order chi connectivity index (χ1) is 11.1. The number of piperidine rings is 1. The molecule has 1 N–H and O–H groups in total. The number of carbonyl (C=O) groups excluding carboxylic acids is 1. The lowest BCUT2D eigenvalue weighted by Crippen LogP contribution is -2.38. The molecule has 0 atom stereocenters. The normalized spacial score (nSPS) is 15.7. The van der Waals surface area contributed by atoms with Crippen LogP contribution >= 0.6 is 11.3 Å². The van der Waals surface area contributed by atoms with Crippen LogP contribution < -0.4 is 5.32 Å². The number of hydrogen-bond acceptors (Lipinski definition) is 6. The van der Waals surface area contributed by atoms with Crippen molar-refractivity contribution in [2.75, 3.05) is 25.5 Å². The second-order valence-electron chi connectivity index (χ2n) is 5.86. The molecule has 1 fully saturated rings. The van der Waals surface area contributed by atoms with Crippen LogP contribution in [-0.2, 0) is 0 Å². The van der Waals surface area contributed by atoms with Gasteiger partial charge in [-0.05, 0) is 32.8 Å². The summed E-state index contributed by atoms with van der Waals surface area (Å²) >= 11 is 1.73. The highest BCUT2D eigenvalue weighted by molar-refractivity contribution is 7.09. The highest BCUT2D eigenvalue weighted by Crippen LogP contribution is 2.30. The van der Waals surface area contributed by atoms with Crippen molar-refractivity contribution in [2.45, 2.75) is 32.6 Å². The highest BCUT2D eigenvalue weighted by Gasteiger charge is 2.27. The third-order valence-electron chi connectivity index (χ3n) is 4.07. The Labute approximate surface area is 140 Å². The first-order valence-corrected chi connectivity index (χ1v) is 8.69. The number of likely N-dealkylation sites (tertiary alicyclic amines) is 1. The van der Waals surface area contributed by atoms with E-state index in [1.54, 1.807) is 24.5 Å². The van der Waals surface area contributed by atoms with Crippen LogP contribution in [0, 0.1) is 13.8 Å². The maximum absolute atomic E-state index is 12.7. The molecule has 122 valence electrons. The van der Waals surface area contributed by atoms with E-state index in [0.29, 0.717) is 17.6 Å². The van der Waals surface area contributed by atoms with Gasteiger partial charge in [0.1, 0.15) is 5.69 Å². The van der Waals surface area contributed by atoms with Gasteiger partial charge >= 0.3 is 0 Å². The Morgan fingerprint density at radius 2 is 1.96 bits per heavy atom. The average molecular weight is 331 g/mol. The summed E-state index contributed by atoms with van der Waals surface area (Å²) in [6, 6.07) is 1.75. The number of hydrogen-bond donors (Lipinski definition) is 1. The molecule has 2 aromatic rings. The molecule has 1 amide bonds. The molecule has 0 unspecified atom stereocenters. The standard InChI is InChI=1S/C16H21N5OS/c1-10-8-13(20-16(17-3)19-10)15(22)21-6-4-12(5-7-21)14-18-11(2)9-23-14/h8-9,12H,4-7H2,1-3H3,(H,17,19,20). The number of nitrogens with zero attached hydrogens (tertiary/aromatic N) is 4. The van der Waals surface area contributed by atoms with Crippen molar-refractivity contribution in [3.8, 4) is 0 Å². The quantitative estimate of drug-likeness (QED) is 0.936. The van der Waals surface area contributed by atoms with Gasteiger partial charge in [-0.15, -0.1) is 11.3 Å². The van der Waals surface area contributed by atoms with E-state index in [1.807, 2.05) is 18.7 Å². The molecular formula is C16H21N5OS. The fourth-order valence-electron chi connectivity index (χ4n) is 2.84. The zero-order chi connectivity index (χ0) is 16.4. The van der Waals surface area contributed by atoms with Gasteiger partial charge in [-0.1, -0.05) is 0 Å². The minimum atomic E-state index is -0.0132. The summed E-state index contributed by atoms with van der Waals surface area (Å²) in [5.41, 5.74) is 2.34. The van der Waals surface area contributed by atoms with E-state index >= 15 is 0 Å². The summed E-state index contributed by atoms with van der Waals surface area (Å²) in [5.74, 6) is 0.944. The van der Waals surface area contributed by atoms with Gasteiger partial charge in [-0.2, -0.15) is 0 Å². The SMILES string of the molecule is CNc1nc(C)cc(C(=O)N2CCC(c3nc(C)cs3)CC2)n1. The van der Waals surface area contributed by atoms with Crippen molar-refractivity contribution in [2.24, 2.45) is 0 Å². The molecular weight excluding hydrogens is 310 g/mol. The van der Waals surface area contributed by atoms with Crippen LogP contribution in [0.3, 0.4) is 0 Å². The zero-order valence-corrected chi connectivity index (χ0v) is 14.5. The molecule has 23 heavy (non-hydrogen) atoms. The minimum absolute atomic E-state index is 0.0132. The Kier molecular flexibility index (Phi) is 4.56. The monoisotopic (exact) mass is 331 g/mol. The minimum Gasteiger partial charge on any atom is -0.357 e. The van der Waals surface area contributed by atoms with Crippen molar-refractivity contribution in [1.82, 2.24) is 19.9 Å². The van der Waals surface area contributed by atoms with E-state index in [2.05, 4.69) is 25.6 Å². The number of anilines is 1. The molecule has 0 spiro atoms. The van der Waals surface area contributed by atoms with E-state index in [1.165, 1.54) is 5.01 Å². The molecule has 2 aromatic heterocycles. The molecule has 0 aromatic carbocycles. The molecule has 3 heterocycles. The van der Waals surface area contributed by atoms with Crippen LogP contribution in [0.25, 0.3) is 0 Å². The van der Waals surface area contributed by atoms with Crippen LogP contribution in [0.5, 0.6) is 0 Å². The third-order valence-corrected chi connectivity index (χ3v) is 5.19. The molecule has 1 aliphatic heterocycles. The summed E-state index contributed by atoms with van der Waals surface area (Å²) in [7, 11) is 1.75. The van der Waals surface area contributed by atoms with Gasteiger partial charge in [0.05, 0.1) is 5.01 Å². The maximum atomic E-state index is 12.7. The summed E-state index contributed by atoms with van der Waals surface area (Å²) in [4.78, 5) is 27.7. The lowest BCUT2D eigenvalue weighted by Gasteiger charge is -2.31. The van der Waals surface area contributed by atoms with Crippen LogP contribution in [0.2, 0.25) is 0 Å². The number of nitrogens with one attached hydrogen (secondary N) is 1. The van der Waals surface area contributed by atoms with E-state index in [-0.39, 0.29) is 5.91 Å². The van der Waals surface area contributed by atoms with Gasteiger partial charge in [0.25, 0.3) is 5.91 Å². The van der Waals surface area contributed by atoms with Crippen LogP contribution in [0.15, 0.2) is 11.4 Å². The Morgan fingerprint density at radius 3 is 2.57 bits per heavy atom. The number of amides is 1. The molecule has 0 aliphatic carbocycles. The Morgan fingerprint density at radius 1 is 1.22 bits per heavy atom. The third kappa shape index (κ3) is 3.50. The Bertz CT molecular complexity index is 706. The molecule has 0 bridgehead atoms. The summed E-state index contributed by atoms with van der Waals surface area (Å²) in [6.45, 7) is 5.39. The second kappa shape index (κ2) is 6.62. The van der Waals surface area contributed by atoms with Crippen LogP contribution in [-0.4, -0.2) is 45.9 Å². The van der Waals surface area contributed by atoms with Gasteiger partial charge in [-0.25, -0.2) is 15.0 Å². The summed E-state index contributed by atoms with van der Waals surface area (Å²) in [5, 5.41) is 6.19. The fourth-order valence-corrected chi connectivity index (χ4v) is 3.81. The Balaban J connectivity index is 1.67. The lowest BCUT2D eigenvalue weighted by molar-refractivity contribution is 0.0706. The second-order valence-corrected chi connectivity index (χ2v) is 6.75. The van der Waals surface area contributed by atoms with E-state index < -0.39 is 0 Å². The highest BCUT2D eigenvalue weighted by atomic mass is 32.1. The first kappa shape index (κ1) is 15.9. The van der Waals surface area contributed by atoms with Gasteiger partial charge in [0.2, 0.25) is 5.95 Å². The van der Waals surface area contributed by atoms with Crippen LogP contribution in [0.1, 0.15) is 45.6 Å². The summed E-state index contributed by atoms with van der Waals surface area (Å²) in [6.07, 6.45) is 1.92. The van der Waals surface area contributed by atoms with Crippen molar-refractivity contribution in [1.29, 1.82) is 0 Å². The van der Waals surface area contributed by atoms with Crippen molar-refractivity contribution < 1.29 is 4.79 Å². The molecule has 1 saturated heterocycles. The van der Waals surface area contributed by atoms with E-state index in [0.717, 1.165) is 37.3 Å². The molecule has 3 rings (SSSR count). The average Bonchev–Trinajstić information content (AvgIpc) is 3.00. The van der Waals surface area contributed by atoms with Gasteiger partial charge < -0.3 is 10.2 Å². The number of rotatable bonds is 3. The lowest BCUT2D eigenvalue weighted by atomic mass is 9.97. The number of aromatic nitrogens is 3. The Hall–Kier alpha value is -2.02. The van der Waals surface area contributed by atoms with Gasteiger partial charge in [-0.3, -0.25) is 4.79 Å². The van der Waals surface area contributed by atoms with Gasteiger partial charge in [0.15, 0.2) is 0 Å². The van der Waals surface area contributed by atoms with Gasteiger partial charge in [0, 0.05) is 42.8 Å². The maximum Gasteiger partial charge on any atom is 0.272 e. The summed E-state index contributed by atoms with van der Waals surface area (Å²) < 4.78 is 0. The predicted molar refractivity (Wildman–Crippen MR) is 91.0 cm³/mol. The fraction of sp³-hybridized carbons (Fsp3) is 0.500. The smallest absolute Gasteiger partial charge is 0.272 e. The van der Waals surface area contributed by atoms with Crippen molar-refractivity contribution >= 4 is 23.2 Å². The number of aryl methyl sites for hydroxylation is 2. The molecule has 0 saturated carbocycles. The topological polar surface area (TPSA) is 71.0 Å². The molecule has 6 nitrogen and oxygen atoms in total. The van der Waals surface area contributed by atoms with E-state index in [4.69, 9.17) is 0 Å².